The van der Waals surface area contributed by atoms with Gasteiger partial charge in [-0.05, 0) is 32.0 Å². The van der Waals surface area contributed by atoms with Gasteiger partial charge in [0.15, 0.2) is 17.3 Å². The van der Waals surface area contributed by atoms with E-state index in [2.05, 4.69) is 4.98 Å². The van der Waals surface area contributed by atoms with E-state index >= 15 is 0 Å². The zero-order valence-electron chi connectivity index (χ0n) is 11.1. The normalized spacial score (nSPS) is 10.3. The molecular formula is C14H15NO3S. The zero-order chi connectivity index (χ0) is 13.8. The number of carbonyl (C=O) groups is 1. The number of ether oxygens (including phenoxy) is 2. The van der Waals surface area contributed by atoms with Gasteiger partial charge >= 0.3 is 0 Å². The predicted octanol–water partition coefficient (Wildman–Crippen LogP) is 3.24. The summed E-state index contributed by atoms with van der Waals surface area (Å²) in [7, 11) is 1.56. The standard InChI is InChI=1S/C14H15NO3S/c1-9-8-19-14(15-9)7-18-12-5-4-11(10(2)16)6-13(12)17-3/h4-6,8H,7H2,1-3H3. The monoisotopic (exact) mass is 277 g/mol. The van der Waals surface area contributed by atoms with E-state index in [0.29, 0.717) is 23.7 Å². The van der Waals surface area contributed by atoms with Gasteiger partial charge in [-0.3, -0.25) is 4.79 Å². The molecule has 0 spiro atoms. The summed E-state index contributed by atoms with van der Waals surface area (Å²) in [6.07, 6.45) is 0. The van der Waals surface area contributed by atoms with Crippen molar-refractivity contribution in [3.05, 3.63) is 39.8 Å². The third-order valence-electron chi connectivity index (χ3n) is 2.59. The summed E-state index contributed by atoms with van der Waals surface area (Å²) in [5.74, 6) is 1.17. The number of hydrogen-bond acceptors (Lipinski definition) is 5. The van der Waals surface area contributed by atoms with Crippen LogP contribution in [0.5, 0.6) is 11.5 Å². The van der Waals surface area contributed by atoms with Crippen LogP contribution in [-0.4, -0.2) is 17.9 Å². The Hall–Kier alpha value is -1.88. The maximum absolute atomic E-state index is 11.3. The highest BCUT2D eigenvalue weighted by Crippen LogP contribution is 2.29. The van der Waals surface area contributed by atoms with Crippen LogP contribution in [0, 0.1) is 6.92 Å². The minimum Gasteiger partial charge on any atom is -0.493 e. The first kappa shape index (κ1) is 13.5. The Labute approximate surface area is 116 Å². The predicted molar refractivity (Wildman–Crippen MR) is 74.2 cm³/mol. The molecule has 1 heterocycles. The molecule has 5 heteroatoms. The minimum atomic E-state index is 0.000369. The average molecular weight is 277 g/mol. The summed E-state index contributed by atoms with van der Waals surface area (Å²) in [5.41, 5.74) is 1.59. The Bertz CT molecular complexity index is 592. The molecule has 0 amide bonds. The Balaban J connectivity index is 2.13. The molecule has 0 aliphatic heterocycles. The highest BCUT2D eigenvalue weighted by Gasteiger charge is 2.09. The van der Waals surface area contributed by atoms with Crippen LogP contribution in [0.15, 0.2) is 23.6 Å². The largest absolute Gasteiger partial charge is 0.493 e. The van der Waals surface area contributed by atoms with Crippen LogP contribution in [0.2, 0.25) is 0 Å². The SMILES string of the molecule is COc1cc(C(C)=O)ccc1OCc1nc(C)cs1. The van der Waals surface area contributed by atoms with Crippen molar-refractivity contribution in [3.8, 4) is 11.5 Å². The molecule has 100 valence electrons. The summed E-state index contributed by atoms with van der Waals surface area (Å²) < 4.78 is 10.9. The van der Waals surface area contributed by atoms with E-state index in [1.165, 1.54) is 6.92 Å². The second-order valence-corrected chi connectivity index (χ2v) is 5.04. The number of benzene rings is 1. The first-order valence-electron chi connectivity index (χ1n) is 5.83. The van der Waals surface area contributed by atoms with Gasteiger partial charge in [0.05, 0.1) is 7.11 Å². The fourth-order valence-electron chi connectivity index (χ4n) is 1.61. The van der Waals surface area contributed by atoms with Crippen molar-refractivity contribution in [2.24, 2.45) is 0 Å². The van der Waals surface area contributed by atoms with Crippen LogP contribution in [-0.2, 0) is 6.61 Å². The second kappa shape index (κ2) is 5.84. The van der Waals surface area contributed by atoms with Crippen LogP contribution < -0.4 is 9.47 Å². The molecule has 19 heavy (non-hydrogen) atoms. The topological polar surface area (TPSA) is 48.4 Å². The van der Waals surface area contributed by atoms with Crippen LogP contribution >= 0.6 is 11.3 Å². The maximum Gasteiger partial charge on any atom is 0.161 e. The summed E-state index contributed by atoms with van der Waals surface area (Å²) in [5, 5.41) is 2.89. The van der Waals surface area contributed by atoms with Crippen LogP contribution in [0.1, 0.15) is 28.0 Å². The highest BCUT2D eigenvalue weighted by atomic mass is 32.1. The number of methoxy groups -OCH3 is 1. The van der Waals surface area contributed by atoms with Gasteiger partial charge < -0.3 is 9.47 Å². The van der Waals surface area contributed by atoms with E-state index in [0.717, 1.165) is 10.7 Å². The Kier molecular flexibility index (Phi) is 4.16. The second-order valence-electron chi connectivity index (χ2n) is 4.09. The van der Waals surface area contributed by atoms with Crippen molar-refractivity contribution < 1.29 is 14.3 Å². The number of carbonyl (C=O) groups excluding carboxylic acids is 1. The fraction of sp³-hybridized carbons (Fsp3) is 0.286. The van der Waals surface area contributed by atoms with Gasteiger partial charge in [0.25, 0.3) is 0 Å². The van der Waals surface area contributed by atoms with Gasteiger partial charge in [0.1, 0.15) is 11.6 Å². The molecule has 0 fully saturated rings. The molecule has 0 bridgehead atoms. The van der Waals surface area contributed by atoms with Gasteiger partial charge in [-0.2, -0.15) is 0 Å². The zero-order valence-corrected chi connectivity index (χ0v) is 11.9. The summed E-state index contributed by atoms with van der Waals surface area (Å²) >= 11 is 1.56. The van der Waals surface area contributed by atoms with Gasteiger partial charge in [0.2, 0.25) is 0 Å². The van der Waals surface area contributed by atoms with E-state index in [-0.39, 0.29) is 5.78 Å². The molecule has 2 rings (SSSR count). The van der Waals surface area contributed by atoms with Crippen LogP contribution in [0.25, 0.3) is 0 Å². The summed E-state index contributed by atoms with van der Waals surface area (Å²) in [6.45, 7) is 3.87. The number of thiazole rings is 1. The van der Waals surface area contributed by atoms with Crippen molar-refractivity contribution in [2.75, 3.05) is 7.11 Å². The van der Waals surface area contributed by atoms with Crippen LogP contribution in [0.3, 0.4) is 0 Å². The molecule has 4 nitrogen and oxygen atoms in total. The molecule has 0 atom stereocenters. The molecule has 0 saturated heterocycles. The molecule has 0 unspecified atom stereocenters. The van der Waals surface area contributed by atoms with E-state index < -0.39 is 0 Å². The summed E-state index contributed by atoms with van der Waals surface area (Å²) in [6, 6.07) is 5.16. The lowest BCUT2D eigenvalue weighted by molar-refractivity contribution is 0.101. The van der Waals surface area contributed by atoms with Crippen LogP contribution in [0.4, 0.5) is 0 Å². The molecule has 0 radical (unpaired) electrons. The number of aromatic nitrogens is 1. The van der Waals surface area contributed by atoms with Gasteiger partial charge in [-0.1, -0.05) is 0 Å². The smallest absolute Gasteiger partial charge is 0.161 e. The number of ketones is 1. The molecule has 0 saturated carbocycles. The fourth-order valence-corrected chi connectivity index (χ4v) is 2.30. The molecule has 0 N–H and O–H groups in total. The number of hydrogen-bond donors (Lipinski definition) is 0. The highest BCUT2D eigenvalue weighted by molar-refractivity contribution is 7.09. The van der Waals surface area contributed by atoms with E-state index in [4.69, 9.17) is 9.47 Å². The van der Waals surface area contributed by atoms with Crippen molar-refractivity contribution in [3.63, 3.8) is 0 Å². The molecule has 2 aromatic rings. The Morgan fingerprint density at radius 1 is 1.37 bits per heavy atom. The lowest BCUT2D eigenvalue weighted by atomic mass is 10.1. The molecule has 1 aromatic heterocycles. The van der Waals surface area contributed by atoms with Gasteiger partial charge in [-0.25, -0.2) is 4.98 Å². The number of Topliss-reactive ketones (excluding diaryl/α,β-unsaturated/α-hetero) is 1. The van der Waals surface area contributed by atoms with Crippen molar-refractivity contribution in [1.82, 2.24) is 4.98 Å². The Morgan fingerprint density at radius 3 is 2.74 bits per heavy atom. The lowest BCUT2D eigenvalue weighted by Crippen LogP contribution is -1.99. The molecule has 0 aliphatic rings. The maximum atomic E-state index is 11.3. The molecular weight excluding hydrogens is 262 g/mol. The first-order chi connectivity index (χ1) is 9.10. The van der Waals surface area contributed by atoms with E-state index in [9.17, 15) is 4.79 Å². The summed E-state index contributed by atoms with van der Waals surface area (Å²) in [4.78, 5) is 15.6. The number of aryl methyl sites for hydroxylation is 1. The van der Waals surface area contributed by atoms with E-state index in [1.807, 2.05) is 12.3 Å². The van der Waals surface area contributed by atoms with Gasteiger partial charge in [0, 0.05) is 16.6 Å². The quantitative estimate of drug-likeness (QED) is 0.787. The lowest BCUT2D eigenvalue weighted by Gasteiger charge is -2.10. The third-order valence-corrected chi connectivity index (χ3v) is 3.53. The first-order valence-corrected chi connectivity index (χ1v) is 6.71. The third kappa shape index (κ3) is 3.32. The van der Waals surface area contributed by atoms with Gasteiger partial charge in [-0.15, -0.1) is 11.3 Å². The van der Waals surface area contributed by atoms with E-state index in [1.54, 1.807) is 36.6 Å². The van der Waals surface area contributed by atoms with Crippen molar-refractivity contribution >= 4 is 17.1 Å². The molecule has 1 aromatic carbocycles. The Morgan fingerprint density at radius 2 is 2.16 bits per heavy atom. The minimum absolute atomic E-state index is 0.000369. The average Bonchev–Trinajstić information content (AvgIpc) is 2.81. The number of rotatable bonds is 5. The van der Waals surface area contributed by atoms with Crippen molar-refractivity contribution in [1.29, 1.82) is 0 Å². The number of nitrogens with zero attached hydrogens (tertiary/aromatic N) is 1. The molecule has 0 aliphatic carbocycles. The van der Waals surface area contributed by atoms with Crippen molar-refractivity contribution in [2.45, 2.75) is 20.5 Å².